The monoisotopic (exact) mass is 548 g/mol. The summed E-state index contributed by atoms with van der Waals surface area (Å²) >= 11 is 6.39. The van der Waals surface area contributed by atoms with Crippen LogP contribution in [0.2, 0.25) is 5.28 Å². The number of nitrogens with zero attached hydrogens (tertiary/aromatic N) is 5. The predicted molar refractivity (Wildman–Crippen MR) is 137 cm³/mol. The number of hydrogen-bond donors (Lipinski definition) is 1. The van der Waals surface area contributed by atoms with Gasteiger partial charge in [0.1, 0.15) is 5.60 Å². The third kappa shape index (κ3) is 5.23. The van der Waals surface area contributed by atoms with Crippen LogP contribution in [0.4, 0.5) is 4.79 Å². The fourth-order valence-electron chi connectivity index (χ4n) is 4.24. The van der Waals surface area contributed by atoms with Gasteiger partial charge in [-0.3, -0.25) is 14.0 Å². The van der Waals surface area contributed by atoms with Crippen LogP contribution in [0.15, 0.2) is 34.1 Å². The van der Waals surface area contributed by atoms with Crippen LogP contribution in [-0.2, 0) is 34.4 Å². The second-order valence-corrected chi connectivity index (χ2v) is 12.9. The summed E-state index contributed by atoms with van der Waals surface area (Å²) in [5.74, 6) is 0. The molecule has 2 aromatic heterocycles. The van der Waals surface area contributed by atoms with E-state index in [0.717, 1.165) is 18.5 Å². The van der Waals surface area contributed by atoms with Crippen LogP contribution in [0.1, 0.15) is 51.8 Å². The molecule has 0 unspecified atom stereocenters. The Bertz CT molecular complexity index is 1570. The van der Waals surface area contributed by atoms with E-state index in [1.165, 1.54) is 22.8 Å². The van der Waals surface area contributed by atoms with E-state index < -0.39 is 32.8 Å². The molecule has 1 fully saturated rings. The van der Waals surface area contributed by atoms with Crippen LogP contribution in [0, 0.1) is 0 Å². The van der Waals surface area contributed by atoms with E-state index in [2.05, 4.69) is 14.8 Å². The molecule has 5 rings (SSSR count). The molecule has 0 bridgehead atoms. The maximum absolute atomic E-state index is 13.5. The third-order valence-corrected chi connectivity index (χ3v) is 8.43. The smallest absolute Gasteiger partial charge is 0.410 e. The Balaban J connectivity index is 1.46. The first-order valence-electron chi connectivity index (χ1n) is 12.0. The lowest BCUT2D eigenvalue weighted by Crippen LogP contribution is -2.42. The van der Waals surface area contributed by atoms with Gasteiger partial charge in [0.15, 0.2) is 0 Å². The fraction of sp³-hybridized carbons (Fsp3) is 0.500. The number of sulfonamides is 1. The second-order valence-electron chi connectivity index (χ2n) is 10.9. The Hall–Kier alpha value is -2.96. The highest BCUT2D eigenvalue weighted by molar-refractivity contribution is 7.89. The van der Waals surface area contributed by atoms with Crippen LogP contribution < -0.4 is 10.3 Å². The van der Waals surface area contributed by atoms with Crippen LogP contribution in [0.3, 0.4) is 0 Å². The molecule has 0 radical (unpaired) electrons. The first-order chi connectivity index (χ1) is 17.2. The van der Waals surface area contributed by atoms with Crippen molar-refractivity contribution in [3.63, 3.8) is 0 Å². The average molecular weight is 549 g/mol. The maximum Gasteiger partial charge on any atom is 0.410 e. The van der Waals surface area contributed by atoms with Crippen molar-refractivity contribution in [2.45, 2.75) is 76.2 Å². The number of carbonyl (C=O) groups excluding carboxylic acids is 1. The Labute approximate surface area is 219 Å². The van der Waals surface area contributed by atoms with E-state index in [4.69, 9.17) is 16.3 Å². The summed E-state index contributed by atoms with van der Waals surface area (Å²) in [6.07, 6.45) is 2.76. The zero-order valence-electron chi connectivity index (χ0n) is 21.1. The molecule has 0 atom stereocenters. The van der Waals surface area contributed by atoms with Gasteiger partial charge in [0, 0.05) is 17.6 Å². The van der Waals surface area contributed by atoms with Gasteiger partial charge in [0.2, 0.25) is 15.3 Å². The largest absolute Gasteiger partial charge is 0.444 e. The van der Waals surface area contributed by atoms with Crippen molar-refractivity contribution < 1.29 is 17.9 Å². The maximum atomic E-state index is 13.5. The van der Waals surface area contributed by atoms with Gasteiger partial charge in [-0.1, -0.05) is 0 Å². The molecule has 37 heavy (non-hydrogen) atoms. The predicted octanol–water partition coefficient (Wildman–Crippen LogP) is 2.88. The Morgan fingerprint density at radius 3 is 2.65 bits per heavy atom. The molecule has 2 aliphatic rings. The molecule has 3 aromatic rings. The van der Waals surface area contributed by atoms with E-state index in [1.807, 2.05) is 27.7 Å². The Morgan fingerprint density at radius 1 is 1.24 bits per heavy atom. The number of amides is 1. The summed E-state index contributed by atoms with van der Waals surface area (Å²) in [4.78, 5) is 32.0. The topological polar surface area (TPSA) is 128 Å². The SMILES string of the molecule is CC1(NS(=O)(=O)c2ccc3nc(Cl)n(Cc4cnn5c4CN(C(=O)OC(C)(C)C)CC5)c(=O)c3c2)CC1. The summed E-state index contributed by atoms with van der Waals surface area (Å²) in [6, 6.07) is 4.24. The summed E-state index contributed by atoms with van der Waals surface area (Å²) in [5.41, 5.74) is 0.235. The van der Waals surface area contributed by atoms with Gasteiger partial charge in [0.25, 0.3) is 5.56 Å². The first kappa shape index (κ1) is 25.7. The number of nitrogens with one attached hydrogen (secondary N) is 1. The number of ether oxygens (including phenoxy) is 1. The van der Waals surface area contributed by atoms with E-state index in [-0.39, 0.29) is 28.7 Å². The minimum Gasteiger partial charge on any atom is -0.444 e. The molecule has 1 aliphatic heterocycles. The van der Waals surface area contributed by atoms with Gasteiger partial charge < -0.3 is 9.64 Å². The summed E-state index contributed by atoms with van der Waals surface area (Å²) in [6.45, 7) is 8.54. The van der Waals surface area contributed by atoms with Gasteiger partial charge in [-0.15, -0.1) is 0 Å². The normalized spacial score (nSPS) is 17.1. The molecular weight excluding hydrogens is 520 g/mol. The van der Waals surface area contributed by atoms with Crippen LogP contribution in [0.25, 0.3) is 10.9 Å². The number of carbonyl (C=O) groups is 1. The highest BCUT2D eigenvalue weighted by Gasteiger charge is 2.41. The molecular formula is C24H29ClN6O5S. The zero-order chi connectivity index (χ0) is 26.8. The molecule has 1 aromatic carbocycles. The number of benzene rings is 1. The summed E-state index contributed by atoms with van der Waals surface area (Å²) in [5, 5.41) is 4.51. The van der Waals surface area contributed by atoms with Gasteiger partial charge in [0.05, 0.1) is 47.3 Å². The molecule has 0 spiro atoms. The highest BCUT2D eigenvalue weighted by atomic mass is 35.5. The van der Waals surface area contributed by atoms with Crippen LogP contribution in [-0.4, -0.2) is 56.4 Å². The van der Waals surface area contributed by atoms with Gasteiger partial charge >= 0.3 is 6.09 Å². The van der Waals surface area contributed by atoms with Crippen molar-refractivity contribution in [3.05, 3.63) is 51.3 Å². The number of fused-ring (bicyclic) bond motifs is 2. The lowest BCUT2D eigenvalue weighted by molar-refractivity contribution is 0.0193. The van der Waals surface area contributed by atoms with Gasteiger partial charge in [-0.05, 0) is 70.3 Å². The summed E-state index contributed by atoms with van der Waals surface area (Å²) < 4.78 is 37.0. The lowest BCUT2D eigenvalue weighted by Gasteiger charge is -2.31. The molecule has 1 N–H and O–H groups in total. The summed E-state index contributed by atoms with van der Waals surface area (Å²) in [7, 11) is -3.80. The second kappa shape index (κ2) is 8.81. The molecule has 1 amide bonds. The molecule has 11 nitrogen and oxygen atoms in total. The third-order valence-electron chi connectivity index (χ3n) is 6.51. The van der Waals surface area contributed by atoms with Crippen molar-refractivity contribution in [2.24, 2.45) is 0 Å². The minimum atomic E-state index is -3.80. The van der Waals surface area contributed by atoms with Crippen molar-refractivity contribution in [1.82, 2.24) is 29.0 Å². The van der Waals surface area contributed by atoms with Crippen molar-refractivity contribution >= 4 is 38.6 Å². The number of hydrogen-bond acceptors (Lipinski definition) is 7. The van der Waals surface area contributed by atoms with Crippen LogP contribution in [0.5, 0.6) is 0 Å². The van der Waals surface area contributed by atoms with Crippen molar-refractivity contribution in [3.8, 4) is 0 Å². The minimum absolute atomic E-state index is 0.00295. The first-order valence-corrected chi connectivity index (χ1v) is 13.9. The molecule has 0 saturated heterocycles. The lowest BCUT2D eigenvalue weighted by atomic mass is 10.2. The molecule has 3 heterocycles. The molecule has 1 saturated carbocycles. The van der Waals surface area contributed by atoms with E-state index >= 15 is 0 Å². The van der Waals surface area contributed by atoms with E-state index in [1.54, 1.807) is 15.8 Å². The van der Waals surface area contributed by atoms with Crippen LogP contribution >= 0.6 is 11.6 Å². The fourth-order valence-corrected chi connectivity index (χ4v) is 5.95. The molecule has 13 heteroatoms. The Morgan fingerprint density at radius 2 is 1.97 bits per heavy atom. The number of rotatable bonds is 5. The Kier molecular flexibility index (Phi) is 6.12. The van der Waals surface area contributed by atoms with Crippen molar-refractivity contribution in [1.29, 1.82) is 0 Å². The quantitative estimate of drug-likeness (QED) is 0.485. The van der Waals surface area contributed by atoms with Gasteiger partial charge in [-0.2, -0.15) is 5.10 Å². The standard InChI is InChI=1S/C24H29ClN6O5S/c1-23(2,3)36-22(33)29-9-10-31-19(14-29)15(12-26-31)13-30-20(32)17-11-16(5-6-18(17)27-21(30)25)37(34,35)28-24(4)7-8-24/h5-6,11-12,28H,7-10,13-14H2,1-4H3. The number of halogens is 1. The zero-order valence-corrected chi connectivity index (χ0v) is 22.7. The van der Waals surface area contributed by atoms with E-state index in [0.29, 0.717) is 24.2 Å². The number of aromatic nitrogens is 4. The highest BCUT2D eigenvalue weighted by Crippen LogP contribution is 2.36. The molecule has 198 valence electrons. The van der Waals surface area contributed by atoms with Gasteiger partial charge in [-0.25, -0.2) is 22.9 Å². The van der Waals surface area contributed by atoms with Crippen molar-refractivity contribution in [2.75, 3.05) is 6.54 Å². The molecule has 1 aliphatic carbocycles. The average Bonchev–Trinajstić information content (AvgIpc) is 3.38. The van der Waals surface area contributed by atoms with E-state index in [9.17, 15) is 18.0 Å².